The van der Waals surface area contributed by atoms with Crippen LogP contribution in [0.15, 0.2) is 42.5 Å². The van der Waals surface area contributed by atoms with E-state index in [1.165, 1.54) is 5.56 Å². The van der Waals surface area contributed by atoms with Crippen LogP contribution in [0.25, 0.3) is 11.1 Å². The first kappa shape index (κ1) is 18.1. The average molecular weight is 373 g/mol. The van der Waals surface area contributed by atoms with Gasteiger partial charge in [0.15, 0.2) is 0 Å². The number of hydrogen-bond donors (Lipinski definition) is 2. The Balaban J connectivity index is 0.00000192. The van der Waals surface area contributed by atoms with Gasteiger partial charge in [-0.3, -0.25) is 4.72 Å². The molecule has 0 heterocycles. The first-order chi connectivity index (χ1) is 10.3. The molecule has 3 rings (SSSR count). The quantitative estimate of drug-likeness (QED) is 0.860. The molecule has 3 N–H and O–H groups in total. The monoisotopic (exact) mass is 372 g/mol. The van der Waals surface area contributed by atoms with Gasteiger partial charge in [-0.15, -0.1) is 12.4 Å². The van der Waals surface area contributed by atoms with E-state index in [-0.39, 0.29) is 18.4 Å². The summed E-state index contributed by atoms with van der Waals surface area (Å²) in [6.07, 6.45) is 2.15. The molecule has 0 radical (unpaired) electrons. The van der Waals surface area contributed by atoms with Gasteiger partial charge >= 0.3 is 0 Å². The summed E-state index contributed by atoms with van der Waals surface area (Å²) in [6, 6.07) is 13.6. The van der Waals surface area contributed by atoms with E-state index >= 15 is 0 Å². The Kier molecular flexibility index (Phi) is 5.26. The maximum absolute atomic E-state index is 11.4. The van der Waals surface area contributed by atoms with E-state index in [2.05, 4.69) is 16.9 Å². The van der Waals surface area contributed by atoms with Gasteiger partial charge in [0.05, 0.1) is 11.9 Å². The normalized spacial score (nSPS) is 19.8. The summed E-state index contributed by atoms with van der Waals surface area (Å²) in [5.41, 5.74) is 9.41. The lowest BCUT2D eigenvalue weighted by Gasteiger charge is -2.09. The number of benzene rings is 2. The molecule has 4 nitrogen and oxygen atoms in total. The minimum absolute atomic E-state index is 0. The van der Waals surface area contributed by atoms with Gasteiger partial charge < -0.3 is 5.73 Å². The first-order valence-corrected chi connectivity index (χ1v) is 9.23. The van der Waals surface area contributed by atoms with Crippen molar-refractivity contribution in [1.29, 1.82) is 0 Å². The van der Waals surface area contributed by atoms with Crippen molar-refractivity contribution in [1.82, 2.24) is 0 Å². The van der Waals surface area contributed by atoms with Crippen molar-refractivity contribution in [2.24, 2.45) is 5.73 Å². The lowest BCUT2D eigenvalue weighted by molar-refractivity contribution is 0.607. The van der Waals surface area contributed by atoms with Gasteiger partial charge in [-0.05, 0) is 41.3 Å². The molecule has 0 aliphatic heterocycles. The van der Waals surface area contributed by atoms with Crippen molar-refractivity contribution >= 4 is 39.7 Å². The second kappa shape index (κ2) is 6.69. The summed E-state index contributed by atoms with van der Waals surface area (Å²) in [7, 11) is -3.33. The molecule has 2 aromatic rings. The number of nitrogens with two attached hydrogens (primary N) is 1. The van der Waals surface area contributed by atoms with Crippen LogP contribution in [-0.2, 0) is 10.0 Å². The van der Waals surface area contributed by atoms with Crippen LogP contribution in [0.3, 0.4) is 0 Å². The summed E-state index contributed by atoms with van der Waals surface area (Å²) in [5, 5.41) is 0.483. The van der Waals surface area contributed by atoms with Crippen LogP contribution in [-0.4, -0.2) is 20.7 Å². The highest BCUT2D eigenvalue weighted by molar-refractivity contribution is 7.92. The lowest BCUT2D eigenvalue weighted by Crippen LogP contribution is -2.09. The fourth-order valence-electron chi connectivity index (χ4n) is 2.55. The lowest BCUT2D eigenvalue weighted by atomic mass is 10.0. The summed E-state index contributed by atoms with van der Waals surface area (Å²) < 4.78 is 25.2. The Hall–Kier alpha value is -1.27. The third-order valence-electron chi connectivity index (χ3n) is 3.71. The highest BCUT2D eigenvalue weighted by Crippen LogP contribution is 2.39. The van der Waals surface area contributed by atoms with E-state index in [9.17, 15) is 8.42 Å². The Bertz CT molecular complexity index is 807. The molecular formula is C16H18Cl2N2O2S. The predicted octanol–water partition coefficient (Wildman–Crippen LogP) is 3.61. The van der Waals surface area contributed by atoms with Crippen LogP contribution in [0.4, 0.5) is 5.69 Å². The van der Waals surface area contributed by atoms with E-state index in [0.717, 1.165) is 23.8 Å². The maximum atomic E-state index is 11.4. The molecule has 0 aromatic heterocycles. The second-order valence-electron chi connectivity index (χ2n) is 5.73. The SMILES string of the molecule is CS(=O)(=O)Nc1cc(Cl)cc(-c2ccc(C3CC3N)cc2)c1.Cl. The molecule has 23 heavy (non-hydrogen) atoms. The predicted molar refractivity (Wildman–Crippen MR) is 97.9 cm³/mol. The maximum Gasteiger partial charge on any atom is 0.229 e. The summed E-state index contributed by atoms with van der Waals surface area (Å²) in [5.74, 6) is 0.468. The Morgan fingerprint density at radius 2 is 1.74 bits per heavy atom. The van der Waals surface area contributed by atoms with Crippen LogP contribution in [0.2, 0.25) is 5.02 Å². The van der Waals surface area contributed by atoms with Gasteiger partial charge in [0.1, 0.15) is 0 Å². The smallest absolute Gasteiger partial charge is 0.229 e. The number of rotatable bonds is 4. The average Bonchev–Trinajstić information content (AvgIpc) is 3.13. The molecule has 0 saturated heterocycles. The standard InChI is InChI=1S/C16H17ClN2O2S.ClH/c1-22(20,21)19-14-7-12(6-13(17)8-14)10-2-4-11(5-3-10)15-9-16(15)18;/h2-8,15-16,19H,9,18H2,1H3;1H. The zero-order chi connectivity index (χ0) is 15.9. The van der Waals surface area contributed by atoms with Gasteiger partial charge in [-0.1, -0.05) is 35.9 Å². The number of hydrogen-bond acceptors (Lipinski definition) is 3. The molecule has 2 aromatic carbocycles. The van der Waals surface area contributed by atoms with E-state index in [4.69, 9.17) is 17.3 Å². The minimum Gasteiger partial charge on any atom is -0.327 e. The summed E-state index contributed by atoms with van der Waals surface area (Å²) >= 11 is 6.09. The molecule has 124 valence electrons. The Morgan fingerprint density at radius 1 is 1.13 bits per heavy atom. The summed E-state index contributed by atoms with van der Waals surface area (Å²) in [4.78, 5) is 0. The van der Waals surface area contributed by atoms with Crippen molar-refractivity contribution in [2.45, 2.75) is 18.4 Å². The zero-order valence-electron chi connectivity index (χ0n) is 12.5. The van der Waals surface area contributed by atoms with E-state index in [1.807, 2.05) is 18.2 Å². The van der Waals surface area contributed by atoms with Crippen molar-refractivity contribution < 1.29 is 8.42 Å². The topological polar surface area (TPSA) is 72.2 Å². The second-order valence-corrected chi connectivity index (χ2v) is 7.92. The van der Waals surface area contributed by atoms with E-state index in [0.29, 0.717) is 16.6 Å². The minimum atomic E-state index is -3.33. The molecule has 0 spiro atoms. The van der Waals surface area contributed by atoms with Crippen LogP contribution in [0.5, 0.6) is 0 Å². The Morgan fingerprint density at radius 3 is 2.26 bits per heavy atom. The van der Waals surface area contributed by atoms with Crippen molar-refractivity contribution in [3.05, 3.63) is 53.1 Å². The van der Waals surface area contributed by atoms with Crippen molar-refractivity contribution in [3.63, 3.8) is 0 Å². The molecule has 2 unspecified atom stereocenters. The van der Waals surface area contributed by atoms with Gasteiger partial charge in [-0.2, -0.15) is 0 Å². The fourth-order valence-corrected chi connectivity index (χ4v) is 3.33. The fraction of sp³-hybridized carbons (Fsp3) is 0.250. The van der Waals surface area contributed by atoms with Gasteiger partial charge in [0.25, 0.3) is 0 Å². The molecule has 1 aliphatic rings. The molecule has 0 amide bonds. The highest BCUT2D eigenvalue weighted by atomic mass is 35.5. The highest BCUT2D eigenvalue weighted by Gasteiger charge is 2.34. The van der Waals surface area contributed by atoms with Crippen molar-refractivity contribution in [3.8, 4) is 11.1 Å². The van der Waals surface area contributed by atoms with E-state index in [1.54, 1.807) is 12.1 Å². The zero-order valence-corrected chi connectivity index (χ0v) is 14.9. The van der Waals surface area contributed by atoms with Gasteiger partial charge in [0.2, 0.25) is 10.0 Å². The Labute approximate surface area is 147 Å². The van der Waals surface area contributed by atoms with Crippen LogP contribution in [0.1, 0.15) is 17.9 Å². The van der Waals surface area contributed by atoms with Crippen LogP contribution >= 0.6 is 24.0 Å². The molecule has 1 aliphatic carbocycles. The molecule has 1 saturated carbocycles. The molecule has 0 bridgehead atoms. The first-order valence-electron chi connectivity index (χ1n) is 6.96. The number of nitrogens with one attached hydrogen (secondary N) is 1. The van der Waals surface area contributed by atoms with Gasteiger partial charge in [0, 0.05) is 17.0 Å². The number of anilines is 1. The molecule has 7 heteroatoms. The number of halogens is 2. The molecule has 1 fully saturated rings. The van der Waals surface area contributed by atoms with Gasteiger partial charge in [-0.25, -0.2) is 8.42 Å². The summed E-state index contributed by atoms with van der Waals surface area (Å²) in [6.45, 7) is 0. The van der Waals surface area contributed by atoms with E-state index < -0.39 is 10.0 Å². The third kappa shape index (κ3) is 4.61. The third-order valence-corrected chi connectivity index (χ3v) is 4.54. The largest absolute Gasteiger partial charge is 0.327 e. The number of sulfonamides is 1. The molecular weight excluding hydrogens is 355 g/mol. The van der Waals surface area contributed by atoms with Crippen LogP contribution < -0.4 is 10.5 Å². The molecule has 2 atom stereocenters. The van der Waals surface area contributed by atoms with Crippen molar-refractivity contribution in [2.75, 3.05) is 11.0 Å². The van der Waals surface area contributed by atoms with Crippen LogP contribution in [0, 0.1) is 0 Å².